The van der Waals surface area contributed by atoms with Crippen molar-refractivity contribution in [3.63, 3.8) is 0 Å². The van der Waals surface area contributed by atoms with Gasteiger partial charge in [0.05, 0.1) is 39.1 Å². The van der Waals surface area contributed by atoms with Crippen LogP contribution < -0.4 is 9.80 Å². The van der Waals surface area contributed by atoms with Gasteiger partial charge in [0, 0.05) is 99.3 Å². The molecular weight excluding hydrogens is 1670 g/mol. The minimum absolute atomic E-state index is 0.817. The number of anilines is 6. The predicted molar refractivity (Wildman–Crippen MR) is 579 cm³/mol. The molecule has 646 valence electrons. The number of nitrogens with zero attached hydrogens (tertiary/aromatic N) is 4. The molecule has 0 unspecified atom stereocenters. The third kappa shape index (κ3) is 14.2. The molecule has 0 bridgehead atoms. The van der Waals surface area contributed by atoms with Crippen molar-refractivity contribution in [2.75, 3.05) is 9.80 Å². The van der Waals surface area contributed by atoms with Gasteiger partial charge in [-0.05, 0) is 222 Å². The van der Waals surface area contributed by atoms with Crippen LogP contribution >= 0.6 is 0 Å². The van der Waals surface area contributed by atoms with Gasteiger partial charge < -0.3 is 27.8 Å². The Kier molecular flexibility index (Phi) is 19.9. The summed E-state index contributed by atoms with van der Waals surface area (Å²) in [7, 11) is 0. The van der Waals surface area contributed by atoms with Crippen LogP contribution in [0.25, 0.3) is 221 Å². The van der Waals surface area contributed by atoms with E-state index in [0.29, 0.717) is 0 Å². The molecular formula is C132H86N4O2. The third-order valence-electron chi connectivity index (χ3n) is 27.8. The first-order valence-corrected chi connectivity index (χ1v) is 47.2. The summed E-state index contributed by atoms with van der Waals surface area (Å²) in [5.41, 5.74) is 40.8. The van der Waals surface area contributed by atoms with Crippen molar-refractivity contribution in [2.24, 2.45) is 0 Å². The summed E-state index contributed by atoms with van der Waals surface area (Å²) >= 11 is 0. The van der Waals surface area contributed by atoms with Gasteiger partial charge in [-0.1, -0.05) is 394 Å². The van der Waals surface area contributed by atoms with Crippen molar-refractivity contribution in [1.29, 1.82) is 0 Å². The molecule has 0 fully saturated rings. The topological polar surface area (TPSA) is 42.6 Å². The Morgan fingerprint density at radius 3 is 0.949 bits per heavy atom. The van der Waals surface area contributed by atoms with Crippen molar-refractivity contribution in [3.8, 4) is 134 Å². The monoisotopic (exact) mass is 1760 g/mol. The van der Waals surface area contributed by atoms with Crippen LogP contribution in [0.3, 0.4) is 0 Å². The molecule has 0 saturated heterocycles. The summed E-state index contributed by atoms with van der Waals surface area (Å²) in [5, 5.41) is 9.15. The number of rotatable bonds is 19. The summed E-state index contributed by atoms with van der Waals surface area (Å²) < 4.78 is 18.8. The highest BCUT2D eigenvalue weighted by atomic mass is 16.3. The quantitative estimate of drug-likeness (QED) is 0.0809. The Bertz CT molecular complexity index is 9060. The Morgan fingerprint density at radius 1 is 0.145 bits per heavy atom. The molecule has 0 aliphatic rings. The van der Waals surface area contributed by atoms with Crippen molar-refractivity contribution < 1.29 is 8.83 Å². The molecule has 0 spiro atoms. The molecule has 26 aromatic rings. The van der Waals surface area contributed by atoms with E-state index in [0.717, 1.165) is 212 Å². The van der Waals surface area contributed by atoms with E-state index < -0.39 is 0 Å². The maximum absolute atomic E-state index is 7.17. The lowest BCUT2D eigenvalue weighted by Gasteiger charge is -2.28. The maximum Gasteiger partial charge on any atom is 0.143 e. The van der Waals surface area contributed by atoms with E-state index in [2.05, 4.69) is 535 Å². The molecule has 4 aromatic heterocycles. The van der Waals surface area contributed by atoms with E-state index in [1.165, 1.54) is 43.8 Å². The van der Waals surface area contributed by atoms with Crippen molar-refractivity contribution in [1.82, 2.24) is 9.13 Å². The van der Waals surface area contributed by atoms with Gasteiger partial charge >= 0.3 is 0 Å². The number of furan rings is 2. The zero-order valence-electron chi connectivity index (χ0n) is 75.3. The highest BCUT2D eigenvalue weighted by Crippen LogP contribution is 2.50. The van der Waals surface area contributed by atoms with E-state index in [9.17, 15) is 0 Å². The fourth-order valence-corrected chi connectivity index (χ4v) is 21.2. The lowest BCUT2D eigenvalue weighted by molar-refractivity contribution is 0.669. The second-order valence-corrected chi connectivity index (χ2v) is 35.7. The third-order valence-corrected chi connectivity index (χ3v) is 27.8. The SMILES string of the molecule is c1ccc(-c2ccc(-c3ccccc3N(c3ccc(-c4ccc(-c5ccccc5)cc4-n4c5ccccc5c5ccccc54)cc3)c3cccc(-c4cccc5c4oc4ccc(-c6ccc(-c7ccccc7)c(-c7ccc(N(c8ccc(-c9ccc(-c%10ccccc%10)cc9-n9c%10ccccc%10c%10ccccc%109)cc8)c8cccc(-c9cccc%10c9oc9ccccc9%10)c8)cc7)c6)cc45)c3)cc2)cc1. The number of benzene rings is 22. The zero-order chi connectivity index (χ0) is 91.1. The predicted octanol–water partition coefficient (Wildman–Crippen LogP) is 37.0. The molecule has 26 rings (SSSR count). The molecule has 4 heterocycles. The van der Waals surface area contributed by atoms with Crippen molar-refractivity contribution in [3.05, 3.63) is 522 Å². The molecule has 138 heavy (non-hydrogen) atoms. The fourth-order valence-electron chi connectivity index (χ4n) is 21.2. The van der Waals surface area contributed by atoms with E-state index in [1.54, 1.807) is 0 Å². The molecule has 0 aliphatic carbocycles. The van der Waals surface area contributed by atoms with Crippen LogP contribution in [-0.4, -0.2) is 9.13 Å². The van der Waals surface area contributed by atoms with Crippen molar-refractivity contribution >= 4 is 122 Å². The van der Waals surface area contributed by atoms with Gasteiger partial charge in [-0.15, -0.1) is 0 Å². The number of hydrogen-bond acceptors (Lipinski definition) is 4. The average Bonchev–Trinajstić information content (AvgIpc) is 1.58. The first kappa shape index (κ1) is 80.5. The van der Waals surface area contributed by atoms with Crippen molar-refractivity contribution in [2.45, 2.75) is 0 Å². The summed E-state index contributed by atoms with van der Waals surface area (Å²) in [6, 6.07) is 190. The van der Waals surface area contributed by atoms with Gasteiger partial charge in [-0.2, -0.15) is 0 Å². The minimum Gasteiger partial charge on any atom is -0.455 e. The molecule has 22 aromatic carbocycles. The van der Waals surface area contributed by atoms with Gasteiger partial charge in [-0.25, -0.2) is 0 Å². The van der Waals surface area contributed by atoms with Crippen LogP contribution in [0.1, 0.15) is 0 Å². The highest BCUT2D eigenvalue weighted by molar-refractivity contribution is 6.15. The van der Waals surface area contributed by atoms with Crippen LogP contribution in [0.15, 0.2) is 531 Å². The number of aromatic nitrogens is 2. The minimum atomic E-state index is 0.817. The molecule has 0 aliphatic heterocycles. The molecule has 6 heteroatoms. The lowest BCUT2D eigenvalue weighted by atomic mass is 9.90. The number of hydrogen-bond donors (Lipinski definition) is 0. The first-order chi connectivity index (χ1) is 68.4. The molecule has 0 N–H and O–H groups in total. The van der Waals surface area contributed by atoms with Crippen LogP contribution in [0.4, 0.5) is 34.1 Å². The second-order valence-electron chi connectivity index (χ2n) is 35.7. The van der Waals surface area contributed by atoms with Crippen LogP contribution in [-0.2, 0) is 0 Å². The zero-order valence-corrected chi connectivity index (χ0v) is 75.3. The lowest BCUT2D eigenvalue weighted by Crippen LogP contribution is -2.11. The van der Waals surface area contributed by atoms with Crippen LogP contribution in [0.2, 0.25) is 0 Å². The first-order valence-electron chi connectivity index (χ1n) is 47.2. The molecule has 0 radical (unpaired) electrons. The average molecular weight is 1760 g/mol. The Balaban J connectivity index is 0.566. The molecule has 0 atom stereocenters. The van der Waals surface area contributed by atoms with Crippen LogP contribution in [0.5, 0.6) is 0 Å². The summed E-state index contributed by atoms with van der Waals surface area (Å²) in [6.07, 6.45) is 0. The molecule has 0 amide bonds. The summed E-state index contributed by atoms with van der Waals surface area (Å²) in [5.74, 6) is 0. The second kappa shape index (κ2) is 34.0. The maximum atomic E-state index is 7.17. The normalized spacial score (nSPS) is 11.6. The van der Waals surface area contributed by atoms with Gasteiger partial charge in [0.1, 0.15) is 22.3 Å². The number of para-hydroxylation sites is 8. The van der Waals surface area contributed by atoms with Gasteiger partial charge in [0.25, 0.3) is 0 Å². The van der Waals surface area contributed by atoms with Gasteiger partial charge in [-0.3, -0.25) is 0 Å². The van der Waals surface area contributed by atoms with Crippen LogP contribution in [0, 0.1) is 0 Å². The summed E-state index contributed by atoms with van der Waals surface area (Å²) in [4.78, 5) is 4.81. The highest BCUT2D eigenvalue weighted by Gasteiger charge is 2.27. The Hall–Kier alpha value is -18.4. The fraction of sp³-hybridized carbons (Fsp3) is 0. The molecule has 0 saturated carbocycles. The Morgan fingerprint density at radius 2 is 0.449 bits per heavy atom. The van der Waals surface area contributed by atoms with Gasteiger partial charge in [0.15, 0.2) is 0 Å². The standard InChI is InChI=1S/C132H86N4O2/c1-5-29-87(30-6-1)90-57-59-92(60-58-90)108-41-13-19-51-122(108)134(104-75-63-94(64-76-104)110-79-69-99(89-33-9-3-10-34-89)86-128(110)136-125-54-22-16-44-115(125)116-45-17-23-55-126(116)136)106-40-26-38-101(82-106)112-48-28-50-119-121-84-97(70-80-130(121)138-132(112)119)96-67-77-107(91-35-11-4-12-36-91)120(83-96)95-65-73-103(74-66-95)133(105-39-25-37-100(81-105)111-47-27-49-118-117-46-18-24-56-129(117)137-131(111)118)102-71-61-93(62-72-102)109-78-68-98(88-31-7-2-8-32-88)85-127(109)135-123-52-20-14-42-113(123)114-43-15-21-53-124(114)135/h1-86H. The van der Waals surface area contributed by atoms with E-state index >= 15 is 0 Å². The largest absolute Gasteiger partial charge is 0.455 e. The van der Waals surface area contributed by atoms with E-state index in [1.807, 2.05) is 6.07 Å². The van der Waals surface area contributed by atoms with E-state index in [-0.39, 0.29) is 0 Å². The molecule has 6 nitrogen and oxygen atoms in total. The Labute approximate surface area is 799 Å². The van der Waals surface area contributed by atoms with E-state index in [4.69, 9.17) is 8.83 Å². The summed E-state index contributed by atoms with van der Waals surface area (Å²) in [6.45, 7) is 0. The smallest absolute Gasteiger partial charge is 0.143 e. The number of fused-ring (bicyclic) bond motifs is 12. The van der Waals surface area contributed by atoms with Gasteiger partial charge in [0.2, 0.25) is 0 Å².